The Hall–Kier alpha value is -0.890. The minimum absolute atomic E-state index is 0.575. The van der Waals surface area contributed by atoms with Crippen molar-refractivity contribution in [3.63, 3.8) is 0 Å². The van der Waals surface area contributed by atoms with Gasteiger partial charge in [-0.25, -0.2) is 0 Å². The first-order valence-corrected chi connectivity index (χ1v) is 6.18. The van der Waals surface area contributed by atoms with Crippen molar-refractivity contribution in [2.24, 2.45) is 0 Å². The Morgan fingerprint density at radius 1 is 1.50 bits per heavy atom. The number of fused-ring (bicyclic) bond motifs is 1. The van der Waals surface area contributed by atoms with Crippen LogP contribution in [-0.2, 0) is 6.42 Å². The third-order valence-corrected chi connectivity index (χ3v) is 3.85. The van der Waals surface area contributed by atoms with Gasteiger partial charge >= 0.3 is 0 Å². The Labute approximate surface area is 102 Å². The van der Waals surface area contributed by atoms with Gasteiger partial charge < -0.3 is 9.64 Å². The van der Waals surface area contributed by atoms with E-state index in [1.54, 1.807) is 7.11 Å². The van der Waals surface area contributed by atoms with E-state index in [1.165, 1.54) is 11.3 Å². The summed E-state index contributed by atoms with van der Waals surface area (Å²) in [5.41, 5.74) is 2.52. The van der Waals surface area contributed by atoms with Gasteiger partial charge in [0.15, 0.2) is 0 Å². The number of methoxy groups -OCH3 is 1. The van der Waals surface area contributed by atoms with Gasteiger partial charge in [0.1, 0.15) is 5.75 Å². The molecule has 0 amide bonds. The van der Waals surface area contributed by atoms with E-state index in [0.29, 0.717) is 6.04 Å². The molecule has 3 heteroatoms. The van der Waals surface area contributed by atoms with E-state index in [2.05, 4.69) is 24.8 Å². The lowest BCUT2D eigenvalue weighted by Gasteiger charge is -2.26. The van der Waals surface area contributed by atoms with Crippen molar-refractivity contribution in [1.82, 2.24) is 0 Å². The van der Waals surface area contributed by atoms with Crippen LogP contribution in [0.2, 0.25) is 5.02 Å². The largest absolute Gasteiger partial charge is 0.495 e. The van der Waals surface area contributed by atoms with Crippen molar-refractivity contribution in [3.8, 4) is 5.75 Å². The fourth-order valence-electron chi connectivity index (χ4n) is 2.28. The van der Waals surface area contributed by atoms with Crippen LogP contribution < -0.4 is 9.64 Å². The van der Waals surface area contributed by atoms with E-state index in [1.807, 2.05) is 6.07 Å². The average Bonchev–Trinajstić information content (AvgIpc) is 2.73. The molecule has 1 atom stereocenters. The highest BCUT2D eigenvalue weighted by Gasteiger charge is 2.25. The molecule has 0 spiro atoms. The molecular weight excluding hydrogens is 222 g/mol. The van der Waals surface area contributed by atoms with Crippen molar-refractivity contribution < 1.29 is 4.74 Å². The Morgan fingerprint density at radius 3 is 2.88 bits per heavy atom. The summed E-state index contributed by atoms with van der Waals surface area (Å²) in [6.07, 6.45) is 2.18. The first-order valence-electron chi connectivity index (χ1n) is 5.81. The SMILES string of the molecule is CCC(C)N1CCc2c1ccc(OC)c2Cl. The van der Waals surface area contributed by atoms with E-state index < -0.39 is 0 Å². The molecule has 0 aliphatic carbocycles. The highest BCUT2D eigenvalue weighted by molar-refractivity contribution is 6.33. The second-order valence-electron chi connectivity index (χ2n) is 4.28. The quantitative estimate of drug-likeness (QED) is 0.801. The summed E-state index contributed by atoms with van der Waals surface area (Å²) in [4.78, 5) is 2.43. The van der Waals surface area contributed by atoms with E-state index in [9.17, 15) is 0 Å². The van der Waals surface area contributed by atoms with Crippen molar-refractivity contribution in [1.29, 1.82) is 0 Å². The van der Waals surface area contributed by atoms with Gasteiger partial charge in [0, 0.05) is 18.3 Å². The van der Waals surface area contributed by atoms with Crippen LogP contribution in [0, 0.1) is 0 Å². The van der Waals surface area contributed by atoms with Gasteiger partial charge in [-0.1, -0.05) is 18.5 Å². The highest BCUT2D eigenvalue weighted by Crippen LogP contribution is 2.40. The molecule has 1 aromatic rings. The van der Waals surface area contributed by atoms with Crippen LogP contribution in [0.5, 0.6) is 5.75 Å². The van der Waals surface area contributed by atoms with Gasteiger partial charge in [0.2, 0.25) is 0 Å². The zero-order valence-electron chi connectivity index (χ0n) is 10.1. The first-order chi connectivity index (χ1) is 7.69. The molecule has 1 aromatic carbocycles. The van der Waals surface area contributed by atoms with Crippen LogP contribution in [0.3, 0.4) is 0 Å². The minimum atomic E-state index is 0.575. The predicted molar refractivity (Wildman–Crippen MR) is 68.8 cm³/mol. The fraction of sp³-hybridized carbons (Fsp3) is 0.538. The van der Waals surface area contributed by atoms with Gasteiger partial charge in [-0.3, -0.25) is 0 Å². The molecule has 0 saturated heterocycles. The molecule has 88 valence electrons. The third kappa shape index (κ3) is 1.75. The molecule has 0 fully saturated rings. The lowest BCUT2D eigenvalue weighted by atomic mass is 10.1. The summed E-state index contributed by atoms with van der Waals surface area (Å²) in [7, 11) is 1.66. The number of hydrogen-bond donors (Lipinski definition) is 0. The summed E-state index contributed by atoms with van der Waals surface area (Å²) >= 11 is 6.32. The summed E-state index contributed by atoms with van der Waals surface area (Å²) in [5, 5.41) is 0.783. The molecule has 16 heavy (non-hydrogen) atoms. The number of halogens is 1. The average molecular weight is 240 g/mol. The van der Waals surface area contributed by atoms with E-state index in [0.717, 1.165) is 30.2 Å². The fourth-order valence-corrected chi connectivity index (χ4v) is 2.62. The van der Waals surface area contributed by atoms with Gasteiger partial charge in [-0.05, 0) is 37.5 Å². The molecule has 1 aliphatic rings. The standard InChI is InChI=1S/C13H18ClNO/c1-4-9(2)15-8-7-10-11(15)5-6-12(16-3)13(10)14/h5-6,9H,4,7-8H2,1-3H3. The van der Waals surface area contributed by atoms with E-state index >= 15 is 0 Å². The summed E-state index contributed by atoms with van der Waals surface area (Å²) in [6.45, 7) is 5.54. The Kier molecular flexibility index (Phi) is 3.29. The van der Waals surface area contributed by atoms with Crippen molar-refractivity contribution >= 4 is 17.3 Å². The van der Waals surface area contributed by atoms with Gasteiger partial charge in [0.05, 0.1) is 12.1 Å². The molecular formula is C13H18ClNO. The number of ether oxygens (including phenoxy) is 1. The first kappa shape index (κ1) is 11.6. The van der Waals surface area contributed by atoms with Gasteiger partial charge in [0.25, 0.3) is 0 Å². The number of anilines is 1. The number of rotatable bonds is 3. The Balaban J connectivity index is 2.39. The van der Waals surface area contributed by atoms with Crippen LogP contribution in [0.15, 0.2) is 12.1 Å². The molecule has 0 aromatic heterocycles. The lowest BCUT2D eigenvalue weighted by molar-refractivity contribution is 0.414. The molecule has 0 radical (unpaired) electrons. The maximum Gasteiger partial charge on any atom is 0.137 e. The predicted octanol–water partition coefficient (Wildman–Crippen LogP) is 3.51. The van der Waals surface area contributed by atoms with Gasteiger partial charge in [-0.15, -0.1) is 0 Å². The molecule has 2 rings (SSSR count). The van der Waals surface area contributed by atoms with Crippen LogP contribution in [0.4, 0.5) is 5.69 Å². The highest BCUT2D eigenvalue weighted by atomic mass is 35.5. The van der Waals surface area contributed by atoms with Crippen molar-refractivity contribution in [3.05, 3.63) is 22.7 Å². The molecule has 1 heterocycles. The molecule has 1 aliphatic heterocycles. The normalized spacial score (nSPS) is 16.1. The zero-order chi connectivity index (χ0) is 11.7. The van der Waals surface area contributed by atoms with Crippen LogP contribution in [0.25, 0.3) is 0 Å². The third-order valence-electron chi connectivity index (χ3n) is 3.44. The van der Waals surface area contributed by atoms with Crippen LogP contribution in [0.1, 0.15) is 25.8 Å². The summed E-state index contributed by atoms with van der Waals surface area (Å²) < 4.78 is 5.24. The van der Waals surface area contributed by atoms with E-state index in [4.69, 9.17) is 16.3 Å². The maximum absolute atomic E-state index is 6.32. The maximum atomic E-state index is 6.32. The Bertz CT molecular complexity index is 392. The second-order valence-corrected chi connectivity index (χ2v) is 4.66. The number of nitrogens with zero attached hydrogens (tertiary/aromatic N) is 1. The monoisotopic (exact) mass is 239 g/mol. The smallest absolute Gasteiger partial charge is 0.137 e. The van der Waals surface area contributed by atoms with Crippen LogP contribution >= 0.6 is 11.6 Å². The summed E-state index contributed by atoms with van der Waals surface area (Å²) in [6, 6.07) is 4.66. The minimum Gasteiger partial charge on any atom is -0.495 e. The van der Waals surface area contributed by atoms with Crippen LogP contribution in [-0.4, -0.2) is 19.7 Å². The lowest BCUT2D eigenvalue weighted by Crippen LogP contribution is -2.30. The van der Waals surface area contributed by atoms with Gasteiger partial charge in [-0.2, -0.15) is 0 Å². The molecule has 2 nitrogen and oxygen atoms in total. The Morgan fingerprint density at radius 2 is 2.25 bits per heavy atom. The topological polar surface area (TPSA) is 12.5 Å². The molecule has 0 saturated carbocycles. The number of hydrogen-bond acceptors (Lipinski definition) is 2. The summed E-state index contributed by atoms with van der Waals surface area (Å²) in [5.74, 6) is 0.784. The van der Waals surface area contributed by atoms with E-state index in [-0.39, 0.29) is 0 Å². The number of benzene rings is 1. The molecule has 0 bridgehead atoms. The molecule has 1 unspecified atom stereocenters. The zero-order valence-corrected chi connectivity index (χ0v) is 10.8. The van der Waals surface area contributed by atoms with Crippen molar-refractivity contribution in [2.45, 2.75) is 32.7 Å². The molecule has 0 N–H and O–H groups in total. The van der Waals surface area contributed by atoms with Crippen molar-refractivity contribution in [2.75, 3.05) is 18.6 Å². The second kappa shape index (κ2) is 4.54.